The molecular weight excluding hydrogens is 514 g/mol. The van der Waals surface area contributed by atoms with Gasteiger partial charge in [-0.15, -0.1) is 0 Å². The van der Waals surface area contributed by atoms with Crippen LogP contribution in [0.1, 0.15) is 34.8 Å². The van der Waals surface area contributed by atoms with Crippen molar-refractivity contribution in [3.05, 3.63) is 41.0 Å². The maximum Gasteiger partial charge on any atom is 0.235 e. The zero-order chi connectivity index (χ0) is 28.8. The van der Waals surface area contributed by atoms with Crippen LogP contribution in [0.25, 0.3) is 10.8 Å². The molecule has 4 N–H and O–H groups in total. The fraction of sp³-hybridized carbons (Fsp3) is 0.500. The lowest BCUT2D eigenvalue weighted by atomic mass is 9.52. The monoisotopic (exact) mass is 547 g/mol. The molecule has 10 nitrogen and oxygen atoms in total. The smallest absolute Gasteiger partial charge is 0.235 e. The molecule has 1 aliphatic heterocycles. The highest BCUT2D eigenvalue weighted by Crippen LogP contribution is 2.51. The van der Waals surface area contributed by atoms with E-state index in [4.69, 9.17) is 5.73 Å². The van der Waals surface area contributed by atoms with Gasteiger partial charge in [-0.25, -0.2) is 0 Å². The van der Waals surface area contributed by atoms with E-state index in [2.05, 4.69) is 11.8 Å². The third-order valence-corrected chi connectivity index (χ3v) is 9.48. The predicted molar refractivity (Wildman–Crippen MR) is 143 cm³/mol. The summed E-state index contributed by atoms with van der Waals surface area (Å²) in [6.45, 7) is 4.90. The number of carbonyl (C=O) groups is 5. The summed E-state index contributed by atoms with van der Waals surface area (Å²) in [4.78, 5) is 70.3. The summed E-state index contributed by atoms with van der Waals surface area (Å²) in [7, 11) is 3.13. The topological polar surface area (TPSA) is 158 Å². The first-order chi connectivity index (χ1) is 18.8. The van der Waals surface area contributed by atoms with Crippen molar-refractivity contribution < 1.29 is 34.2 Å². The van der Waals surface area contributed by atoms with Crippen LogP contribution in [-0.4, -0.2) is 87.9 Å². The molecule has 6 rings (SSSR count). The van der Waals surface area contributed by atoms with E-state index in [9.17, 15) is 34.2 Å². The van der Waals surface area contributed by atoms with Gasteiger partial charge in [-0.05, 0) is 61.4 Å². The van der Waals surface area contributed by atoms with Gasteiger partial charge in [0.25, 0.3) is 0 Å². The number of carbonyl (C=O) groups excluding carboxylic acids is 5. The highest BCUT2D eigenvalue weighted by Gasteiger charge is 2.69. The van der Waals surface area contributed by atoms with E-state index in [0.29, 0.717) is 16.9 Å². The third kappa shape index (κ3) is 3.62. The lowest BCUT2D eigenvalue weighted by Gasteiger charge is -2.52. The van der Waals surface area contributed by atoms with Gasteiger partial charge in [0.2, 0.25) is 5.91 Å². The molecule has 2 unspecified atom stereocenters. The van der Waals surface area contributed by atoms with E-state index in [1.807, 2.05) is 24.3 Å². The maximum atomic E-state index is 13.9. The average molecular weight is 548 g/mol. The number of primary amides is 1. The lowest BCUT2D eigenvalue weighted by Crippen LogP contribution is -2.74. The highest BCUT2D eigenvalue weighted by molar-refractivity contribution is 6.32. The van der Waals surface area contributed by atoms with Crippen molar-refractivity contribution >= 4 is 39.8 Å². The van der Waals surface area contributed by atoms with E-state index in [1.54, 1.807) is 14.1 Å². The second-order valence-electron chi connectivity index (χ2n) is 12.4. The molecular formula is C30H33N3O7. The van der Waals surface area contributed by atoms with E-state index in [1.165, 1.54) is 4.90 Å². The number of amides is 1. The molecule has 3 aliphatic carbocycles. The maximum absolute atomic E-state index is 13.9. The minimum atomic E-state index is -2.72. The standard InChI is InChI=1S/C30H33N3O7/c1-13-10-33(11-13)12-14-4-5-15-7-16-8-17-9-19-23(32(2)3)26(36)22(29(31)39)28(38)30(19,40)27(37)21(17)25(35)20(16)24(34)18(15)6-14/h4-7,13,17,19,21-23,34,40H,8-12H2,1-3H3,(H2,31,39)/t17-,19-,21?,22?,23-,30-/m0/s1. The number of fused-ring (bicyclic) bond motifs is 4. The van der Waals surface area contributed by atoms with E-state index in [-0.39, 0.29) is 24.2 Å². The molecule has 40 heavy (non-hydrogen) atoms. The molecule has 2 aromatic rings. The summed E-state index contributed by atoms with van der Waals surface area (Å²) in [5.41, 5.74) is 4.25. The van der Waals surface area contributed by atoms with Gasteiger partial charge >= 0.3 is 0 Å². The van der Waals surface area contributed by atoms with Crippen molar-refractivity contribution in [1.29, 1.82) is 0 Å². The van der Waals surface area contributed by atoms with Crippen molar-refractivity contribution in [3.63, 3.8) is 0 Å². The zero-order valence-electron chi connectivity index (χ0n) is 22.7. The molecule has 0 aromatic heterocycles. The largest absolute Gasteiger partial charge is 0.507 e. The Morgan fingerprint density at radius 1 is 1.12 bits per heavy atom. The molecule has 2 aromatic carbocycles. The van der Waals surface area contributed by atoms with E-state index in [0.717, 1.165) is 30.6 Å². The van der Waals surface area contributed by atoms with Crippen molar-refractivity contribution in [2.24, 2.45) is 35.3 Å². The number of likely N-dealkylation sites (tertiary alicyclic amines) is 1. The summed E-state index contributed by atoms with van der Waals surface area (Å²) >= 11 is 0. The quantitative estimate of drug-likeness (QED) is 0.463. The Morgan fingerprint density at radius 2 is 1.82 bits per heavy atom. The first-order valence-electron chi connectivity index (χ1n) is 13.7. The number of hydrogen-bond acceptors (Lipinski definition) is 9. The number of benzene rings is 2. The molecule has 2 saturated carbocycles. The van der Waals surface area contributed by atoms with Gasteiger partial charge in [-0.2, -0.15) is 0 Å². The van der Waals surface area contributed by atoms with Gasteiger partial charge in [-0.1, -0.05) is 25.1 Å². The predicted octanol–water partition coefficient (Wildman–Crippen LogP) is 0.472. The molecule has 10 heteroatoms. The molecule has 0 radical (unpaired) electrons. The summed E-state index contributed by atoms with van der Waals surface area (Å²) in [6, 6.07) is 6.52. The second kappa shape index (κ2) is 9.02. The number of hydrogen-bond donors (Lipinski definition) is 3. The fourth-order valence-corrected chi connectivity index (χ4v) is 7.73. The van der Waals surface area contributed by atoms with Crippen LogP contribution >= 0.6 is 0 Å². The van der Waals surface area contributed by atoms with Gasteiger partial charge in [0, 0.05) is 30.9 Å². The van der Waals surface area contributed by atoms with Crippen LogP contribution in [0.2, 0.25) is 0 Å². The van der Waals surface area contributed by atoms with Crippen LogP contribution in [0.3, 0.4) is 0 Å². The zero-order valence-corrected chi connectivity index (χ0v) is 22.7. The van der Waals surface area contributed by atoms with Gasteiger partial charge in [0.15, 0.2) is 34.7 Å². The normalized spacial score (nSPS) is 32.6. The van der Waals surface area contributed by atoms with Crippen molar-refractivity contribution in [1.82, 2.24) is 9.80 Å². The molecule has 1 saturated heterocycles. The average Bonchev–Trinajstić information content (AvgIpc) is 2.85. The molecule has 6 atom stereocenters. The fourth-order valence-electron chi connectivity index (χ4n) is 7.73. The Hall–Kier alpha value is -3.47. The van der Waals surface area contributed by atoms with Crippen LogP contribution in [0.5, 0.6) is 5.75 Å². The Morgan fingerprint density at radius 3 is 2.45 bits per heavy atom. The number of Topliss-reactive ketones (excluding diaryl/α,β-unsaturated/α-hetero) is 4. The first-order valence-corrected chi connectivity index (χ1v) is 13.7. The van der Waals surface area contributed by atoms with Crippen molar-refractivity contribution in [2.45, 2.75) is 38.0 Å². The minimum absolute atomic E-state index is 0.0221. The van der Waals surface area contributed by atoms with Crippen LogP contribution in [0, 0.1) is 29.6 Å². The molecule has 0 spiro atoms. The summed E-state index contributed by atoms with van der Waals surface area (Å²) in [5.74, 6) is -9.61. The number of phenolic OH excluding ortho intramolecular Hbond substituents is 1. The lowest BCUT2D eigenvalue weighted by molar-refractivity contribution is -0.181. The van der Waals surface area contributed by atoms with E-state index >= 15 is 0 Å². The summed E-state index contributed by atoms with van der Waals surface area (Å²) < 4.78 is 0. The van der Waals surface area contributed by atoms with Crippen molar-refractivity contribution in [2.75, 3.05) is 27.2 Å². The van der Waals surface area contributed by atoms with Crippen LogP contribution < -0.4 is 5.73 Å². The molecule has 3 fully saturated rings. The Balaban J connectivity index is 1.42. The second-order valence-corrected chi connectivity index (χ2v) is 12.4. The van der Waals surface area contributed by atoms with Crippen LogP contribution in [0.4, 0.5) is 0 Å². The van der Waals surface area contributed by atoms with Gasteiger partial charge < -0.3 is 15.9 Å². The molecule has 0 bridgehead atoms. The number of rotatable bonds is 4. The van der Waals surface area contributed by atoms with Gasteiger partial charge in [0.1, 0.15) is 5.75 Å². The van der Waals surface area contributed by atoms with Gasteiger partial charge in [0.05, 0.1) is 17.5 Å². The molecule has 4 aliphatic rings. The van der Waals surface area contributed by atoms with Crippen molar-refractivity contribution in [3.8, 4) is 5.75 Å². The molecule has 1 heterocycles. The number of ketones is 4. The number of aliphatic hydroxyl groups is 1. The number of aromatic hydroxyl groups is 1. The van der Waals surface area contributed by atoms with E-state index < -0.39 is 64.4 Å². The van der Waals surface area contributed by atoms with Crippen LogP contribution in [-0.2, 0) is 32.1 Å². The summed E-state index contributed by atoms with van der Waals surface area (Å²) in [5, 5.41) is 24.3. The Bertz CT molecular complexity index is 1510. The number of likely N-dealkylation sites (N-methyl/N-ethyl adjacent to an activating group) is 1. The molecule has 210 valence electrons. The van der Waals surface area contributed by atoms with Crippen LogP contribution in [0.15, 0.2) is 24.3 Å². The number of nitrogens with two attached hydrogens (primary N) is 1. The third-order valence-electron chi connectivity index (χ3n) is 9.48. The highest BCUT2D eigenvalue weighted by atomic mass is 16.3. The SMILES string of the molecule is CC1CN(Cc2ccc3cc4c(c(O)c3c2)C(=O)C2C(=O)[C@]3(O)C(=O)C(C(N)=O)C(=O)[C@@H](N(C)C)[C@@H]3C[C@@H]2C4)C1. The first kappa shape index (κ1) is 26.7. The van der Waals surface area contributed by atoms with Gasteiger partial charge in [-0.3, -0.25) is 33.8 Å². The number of phenols is 1. The minimum Gasteiger partial charge on any atom is -0.507 e. The Kier molecular flexibility index (Phi) is 6.03. The number of nitrogens with zero attached hydrogens (tertiary/aromatic N) is 2. The summed E-state index contributed by atoms with van der Waals surface area (Å²) in [6.07, 6.45) is 0.290. The Labute approximate surface area is 231 Å². The molecule has 1 amide bonds.